The molecule has 0 amide bonds. The minimum Gasteiger partial charge on any atom is -0.390 e. The Hall–Kier alpha value is -4.24. The Kier molecular flexibility index (Phi) is 6.86. The first-order chi connectivity index (χ1) is 18.6. The molecular weight excluding hydrogens is 509 g/mol. The molecule has 9 nitrogen and oxygen atoms in total. The van der Waals surface area contributed by atoms with Crippen molar-refractivity contribution >= 4 is 28.5 Å². The number of H-pyrrole nitrogens is 1. The smallest absolute Gasteiger partial charge is 0.390 e. The Morgan fingerprint density at radius 1 is 1.18 bits per heavy atom. The van der Waals surface area contributed by atoms with E-state index in [9.17, 15) is 18.3 Å². The highest BCUT2D eigenvalue weighted by atomic mass is 19.4. The molecule has 1 aliphatic heterocycles. The van der Waals surface area contributed by atoms with E-state index in [4.69, 9.17) is 6.57 Å². The number of aromatic amines is 1. The molecule has 0 aliphatic carbocycles. The van der Waals surface area contributed by atoms with Gasteiger partial charge in [-0.25, -0.2) is 24.8 Å². The van der Waals surface area contributed by atoms with Crippen LogP contribution in [-0.2, 0) is 6.18 Å². The molecule has 0 aromatic carbocycles. The molecule has 39 heavy (non-hydrogen) atoms. The van der Waals surface area contributed by atoms with E-state index in [2.05, 4.69) is 40.0 Å². The molecule has 1 saturated heterocycles. The highest BCUT2D eigenvalue weighted by molar-refractivity contribution is 5.96. The highest BCUT2D eigenvalue weighted by Crippen LogP contribution is 2.37. The van der Waals surface area contributed by atoms with Crippen molar-refractivity contribution in [1.29, 1.82) is 0 Å². The van der Waals surface area contributed by atoms with Crippen LogP contribution in [0.1, 0.15) is 50.3 Å². The van der Waals surface area contributed by atoms with E-state index in [1.165, 1.54) is 12.4 Å². The molecule has 4 aromatic heterocycles. The molecule has 0 radical (unpaired) electrons. The first kappa shape index (κ1) is 26.4. The van der Waals surface area contributed by atoms with E-state index in [-0.39, 0.29) is 34.4 Å². The standard InChI is InChI=1S/C27H27F3N8O/c1-4-26(39)7-9-38(10-8-26)22-6-5-17(12-32-22)16(2)36-25-35-15-21(31-3)23(37-25)20-14-34-24-19(20)11-18(13-33-24)27(28,29)30/h5-6,11-16,39H,4,7-10H2,1-2H3,(H,33,34)(H,35,36,37). The van der Waals surface area contributed by atoms with E-state index in [0.717, 1.165) is 43.2 Å². The van der Waals surface area contributed by atoms with Crippen molar-refractivity contribution in [2.45, 2.75) is 50.9 Å². The third-order valence-corrected chi connectivity index (χ3v) is 7.30. The monoisotopic (exact) mass is 536 g/mol. The molecule has 202 valence electrons. The fourth-order valence-electron chi connectivity index (χ4n) is 4.70. The van der Waals surface area contributed by atoms with E-state index in [1.807, 2.05) is 26.0 Å². The van der Waals surface area contributed by atoms with Gasteiger partial charge in [-0.3, -0.25) is 0 Å². The summed E-state index contributed by atoms with van der Waals surface area (Å²) in [5.74, 6) is 1.06. The summed E-state index contributed by atoms with van der Waals surface area (Å²) in [5, 5.41) is 13.9. The number of halogens is 3. The predicted molar refractivity (Wildman–Crippen MR) is 141 cm³/mol. The fourth-order valence-corrected chi connectivity index (χ4v) is 4.70. The molecule has 5 heterocycles. The van der Waals surface area contributed by atoms with Gasteiger partial charge in [-0.1, -0.05) is 13.0 Å². The molecule has 0 bridgehead atoms. The van der Waals surface area contributed by atoms with Crippen LogP contribution >= 0.6 is 0 Å². The van der Waals surface area contributed by atoms with Gasteiger partial charge in [0, 0.05) is 48.8 Å². The van der Waals surface area contributed by atoms with Crippen LogP contribution < -0.4 is 10.2 Å². The fraction of sp³-hybridized carbons (Fsp3) is 0.370. The summed E-state index contributed by atoms with van der Waals surface area (Å²) in [4.78, 5) is 25.7. The molecular formula is C27H27F3N8O. The average molecular weight is 537 g/mol. The van der Waals surface area contributed by atoms with Crippen molar-refractivity contribution in [3.63, 3.8) is 0 Å². The molecule has 12 heteroatoms. The summed E-state index contributed by atoms with van der Waals surface area (Å²) in [6.45, 7) is 12.9. The number of rotatable bonds is 6. The van der Waals surface area contributed by atoms with Gasteiger partial charge in [0.25, 0.3) is 0 Å². The van der Waals surface area contributed by atoms with Crippen LogP contribution in [-0.4, -0.2) is 48.7 Å². The highest BCUT2D eigenvalue weighted by Gasteiger charge is 2.32. The first-order valence-electron chi connectivity index (χ1n) is 12.6. The van der Waals surface area contributed by atoms with Crippen molar-refractivity contribution in [3.8, 4) is 11.3 Å². The summed E-state index contributed by atoms with van der Waals surface area (Å²) >= 11 is 0. The lowest BCUT2D eigenvalue weighted by atomic mass is 9.89. The predicted octanol–water partition coefficient (Wildman–Crippen LogP) is 5.90. The van der Waals surface area contributed by atoms with Gasteiger partial charge in [0.2, 0.25) is 11.6 Å². The van der Waals surface area contributed by atoms with Gasteiger partial charge in [0.15, 0.2) is 0 Å². The van der Waals surface area contributed by atoms with Gasteiger partial charge in [-0.2, -0.15) is 13.2 Å². The molecule has 3 N–H and O–H groups in total. The maximum Gasteiger partial charge on any atom is 0.417 e. The Morgan fingerprint density at radius 3 is 2.59 bits per heavy atom. The Bertz CT molecular complexity index is 1520. The van der Waals surface area contributed by atoms with E-state index in [0.29, 0.717) is 18.4 Å². The number of aromatic nitrogens is 5. The van der Waals surface area contributed by atoms with E-state index < -0.39 is 17.3 Å². The van der Waals surface area contributed by atoms with Crippen LogP contribution in [0.5, 0.6) is 0 Å². The van der Waals surface area contributed by atoms with Gasteiger partial charge in [0.1, 0.15) is 11.5 Å². The number of aliphatic hydroxyl groups is 1. The van der Waals surface area contributed by atoms with Gasteiger partial charge in [-0.15, -0.1) is 0 Å². The number of anilines is 2. The Balaban J connectivity index is 1.36. The number of piperidine rings is 1. The van der Waals surface area contributed by atoms with Crippen LogP contribution in [0.25, 0.3) is 27.1 Å². The minimum atomic E-state index is -4.55. The van der Waals surface area contributed by atoms with Crippen molar-refractivity contribution in [1.82, 2.24) is 24.9 Å². The number of fused-ring (bicyclic) bond motifs is 1. The number of alkyl halides is 3. The molecule has 1 atom stereocenters. The molecule has 0 spiro atoms. The lowest BCUT2D eigenvalue weighted by Gasteiger charge is -2.38. The van der Waals surface area contributed by atoms with Crippen molar-refractivity contribution in [2.75, 3.05) is 23.3 Å². The average Bonchev–Trinajstić information content (AvgIpc) is 3.36. The van der Waals surface area contributed by atoms with Crippen LogP contribution in [0.3, 0.4) is 0 Å². The Morgan fingerprint density at radius 2 is 1.95 bits per heavy atom. The van der Waals surface area contributed by atoms with Crippen molar-refractivity contribution in [2.24, 2.45) is 0 Å². The second-order valence-corrected chi connectivity index (χ2v) is 9.74. The topological polar surface area (TPSA) is 107 Å². The first-order valence-corrected chi connectivity index (χ1v) is 12.6. The number of pyridine rings is 2. The van der Waals surface area contributed by atoms with Crippen LogP contribution in [0, 0.1) is 6.57 Å². The number of hydrogen-bond acceptors (Lipinski definition) is 7. The van der Waals surface area contributed by atoms with E-state index in [1.54, 1.807) is 6.20 Å². The van der Waals surface area contributed by atoms with Crippen molar-refractivity contribution in [3.05, 3.63) is 65.5 Å². The van der Waals surface area contributed by atoms with E-state index >= 15 is 0 Å². The van der Waals surface area contributed by atoms with Crippen molar-refractivity contribution < 1.29 is 18.3 Å². The summed E-state index contributed by atoms with van der Waals surface area (Å²) in [6, 6.07) is 4.65. The van der Waals surface area contributed by atoms with Gasteiger partial charge in [-0.05, 0) is 43.9 Å². The number of nitrogens with zero attached hydrogens (tertiary/aromatic N) is 6. The minimum absolute atomic E-state index is 0.106. The molecule has 4 aromatic rings. The quantitative estimate of drug-likeness (QED) is 0.264. The molecule has 1 fully saturated rings. The van der Waals surface area contributed by atoms with Crippen LogP contribution in [0.2, 0.25) is 0 Å². The van der Waals surface area contributed by atoms with Gasteiger partial charge in [0.05, 0.1) is 29.5 Å². The largest absolute Gasteiger partial charge is 0.417 e. The lowest BCUT2D eigenvalue weighted by Crippen LogP contribution is -2.44. The number of hydrogen-bond donors (Lipinski definition) is 3. The molecule has 0 saturated carbocycles. The zero-order valence-corrected chi connectivity index (χ0v) is 21.4. The Labute approximate surface area is 223 Å². The molecule has 1 aliphatic rings. The summed E-state index contributed by atoms with van der Waals surface area (Å²) < 4.78 is 39.9. The normalized spacial score (nSPS) is 16.2. The summed E-state index contributed by atoms with van der Waals surface area (Å²) in [5.41, 5.74) is 0.293. The van der Waals surface area contributed by atoms with Crippen LogP contribution in [0.4, 0.5) is 30.6 Å². The maximum absolute atomic E-state index is 13.3. The second-order valence-electron chi connectivity index (χ2n) is 9.74. The zero-order valence-electron chi connectivity index (χ0n) is 21.4. The maximum atomic E-state index is 13.3. The second kappa shape index (κ2) is 10.1. The summed E-state index contributed by atoms with van der Waals surface area (Å²) in [6.07, 6.45) is 2.97. The zero-order chi connectivity index (χ0) is 27.8. The van der Waals surface area contributed by atoms with Gasteiger partial charge < -0.3 is 20.3 Å². The van der Waals surface area contributed by atoms with Gasteiger partial charge >= 0.3 is 6.18 Å². The third kappa shape index (κ3) is 5.35. The summed E-state index contributed by atoms with van der Waals surface area (Å²) in [7, 11) is 0. The molecule has 1 unspecified atom stereocenters. The lowest BCUT2D eigenvalue weighted by molar-refractivity contribution is -0.137. The van der Waals surface area contributed by atoms with Crippen LogP contribution in [0.15, 0.2) is 43.0 Å². The third-order valence-electron chi connectivity index (χ3n) is 7.30. The number of nitrogens with one attached hydrogen (secondary N) is 2. The molecule has 5 rings (SSSR count). The SMILES string of the molecule is [C-]#[N+]c1cnc(NC(C)c2ccc(N3CCC(O)(CC)CC3)nc2)nc1-c1c[nH]c2ncc(C(F)(F)F)cc12.